The Kier molecular flexibility index (Phi) is 4.22. The van der Waals surface area contributed by atoms with Crippen LogP contribution in [0.2, 0.25) is 0 Å². The Morgan fingerprint density at radius 2 is 2.13 bits per heavy atom. The molecule has 0 fully saturated rings. The van der Waals surface area contributed by atoms with Crippen LogP contribution in [0.15, 0.2) is 35.8 Å². The number of nitrogens with zero attached hydrogens (tertiary/aromatic N) is 3. The van der Waals surface area contributed by atoms with Crippen LogP contribution >= 0.6 is 11.3 Å². The van der Waals surface area contributed by atoms with Crippen LogP contribution in [0.5, 0.6) is 0 Å². The fourth-order valence-corrected chi connectivity index (χ4v) is 2.99. The number of aliphatic hydroxyl groups excluding tert-OH is 1. The third kappa shape index (κ3) is 3.01. The highest BCUT2D eigenvalue weighted by atomic mass is 32.1. The molecule has 0 saturated heterocycles. The van der Waals surface area contributed by atoms with Gasteiger partial charge in [-0.15, -0.1) is 11.3 Å². The molecule has 0 aliphatic heterocycles. The standard InChI is InChI=1S/C16H15N3O3S/c1-2-19-14(8-13(18-19)15-17-3-4-23-15)11-5-10(9-20)6-12(7-11)16(21)22/h3-8,20H,2,9H2,1H3,(H,21,22). The van der Waals surface area contributed by atoms with Crippen LogP contribution in [0.25, 0.3) is 22.0 Å². The van der Waals surface area contributed by atoms with Crippen LogP contribution in [0.3, 0.4) is 0 Å². The summed E-state index contributed by atoms with van der Waals surface area (Å²) in [4.78, 5) is 15.5. The third-order valence-electron chi connectivity index (χ3n) is 3.45. The molecule has 2 aromatic heterocycles. The predicted octanol–water partition coefficient (Wildman–Crippen LogP) is 2.88. The molecule has 23 heavy (non-hydrogen) atoms. The first-order chi connectivity index (χ1) is 11.1. The van der Waals surface area contributed by atoms with E-state index >= 15 is 0 Å². The minimum Gasteiger partial charge on any atom is -0.478 e. The maximum absolute atomic E-state index is 11.3. The molecule has 0 aliphatic rings. The number of aromatic carboxylic acids is 1. The van der Waals surface area contributed by atoms with Crippen molar-refractivity contribution in [3.63, 3.8) is 0 Å². The van der Waals surface area contributed by atoms with Crippen molar-refractivity contribution < 1.29 is 15.0 Å². The number of carboxylic acids is 1. The Morgan fingerprint density at radius 3 is 2.74 bits per heavy atom. The summed E-state index contributed by atoms with van der Waals surface area (Å²) in [6.45, 7) is 2.40. The number of aryl methyl sites for hydroxylation is 1. The van der Waals surface area contributed by atoms with Gasteiger partial charge < -0.3 is 10.2 Å². The van der Waals surface area contributed by atoms with E-state index < -0.39 is 5.97 Å². The number of thiazole rings is 1. The lowest BCUT2D eigenvalue weighted by Gasteiger charge is -2.08. The van der Waals surface area contributed by atoms with E-state index in [1.54, 1.807) is 23.0 Å². The number of hydrogen-bond acceptors (Lipinski definition) is 5. The van der Waals surface area contributed by atoms with Crippen molar-refractivity contribution in [1.82, 2.24) is 14.8 Å². The molecule has 2 N–H and O–H groups in total. The lowest BCUT2D eigenvalue weighted by Crippen LogP contribution is -2.02. The number of hydrogen-bond donors (Lipinski definition) is 2. The second-order valence-electron chi connectivity index (χ2n) is 4.95. The van der Waals surface area contributed by atoms with Gasteiger partial charge in [-0.2, -0.15) is 5.10 Å². The van der Waals surface area contributed by atoms with Crippen molar-refractivity contribution >= 4 is 17.3 Å². The Labute approximate surface area is 136 Å². The van der Waals surface area contributed by atoms with Crippen LogP contribution in [0, 0.1) is 0 Å². The quantitative estimate of drug-likeness (QED) is 0.751. The molecule has 1 aromatic carbocycles. The van der Waals surface area contributed by atoms with E-state index in [4.69, 9.17) is 0 Å². The molecule has 0 unspecified atom stereocenters. The highest BCUT2D eigenvalue weighted by Crippen LogP contribution is 2.29. The first-order valence-corrected chi connectivity index (χ1v) is 7.96. The summed E-state index contributed by atoms with van der Waals surface area (Å²) < 4.78 is 1.80. The van der Waals surface area contributed by atoms with Crippen LogP contribution in [-0.2, 0) is 13.2 Å². The molecule has 0 amide bonds. The molecule has 0 spiro atoms. The number of aliphatic hydroxyl groups is 1. The Balaban J connectivity index is 2.14. The number of aromatic nitrogens is 3. The lowest BCUT2D eigenvalue weighted by atomic mass is 10.0. The summed E-state index contributed by atoms with van der Waals surface area (Å²) in [7, 11) is 0. The zero-order chi connectivity index (χ0) is 16.4. The van der Waals surface area contributed by atoms with Gasteiger partial charge in [-0.05, 0) is 36.8 Å². The Morgan fingerprint density at radius 1 is 1.30 bits per heavy atom. The molecule has 0 aliphatic carbocycles. The SMILES string of the molecule is CCn1nc(-c2nccs2)cc1-c1cc(CO)cc(C(=O)O)c1. The van der Waals surface area contributed by atoms with Gasteiger partial charge in [0.2, 0.25) is 0 Å². The molecule has 6 nitrogen and oxygen atoms in total. The van der Waals surface area contributed by atoms with Gasteiger partial charge in [0.1, 0.15) is 10.7 Å². The number of carboxylic acid groups (broad SMARTS) is 1. The molecule has 0 saturated carbocycles. The maximum Gasteiger partial charge on any atom is 0.335 e. The smallest absolute Gasteiger partial charge is 0.335 e. The van der Waals surface area contributed by atoms with E-state index in [-0.39, 0.29) is 12.2 Å². The highest BCUT2D eigenvalue weighted by molar-refractivity contribution is 7.13. The monoisotopic (exact) mass is 329 g/mol. The van der Waals surface area contributed by atoms with Crippen molar-refractivity contribution in [2.75, 3.05) is 0 Å². The van der Waals surface area contributed by atoms with Gasteiger partial charge in [0.15, 0.2) is 0 Å². The molecule has 2 heterocycles. The Hall–Kier alpha value is -2.51. The molecule has 0 atom stereocenters. The largest absolute Gasteiger partial charge is 0.478 e. The average molecular weight is 329 g/mol. The van der Waals surface area contributed by atoms with Gasteiger partial charge in [-0.3, -0.25) is 4.68 Å². The summed E-state index contributed by atoms with van der Waals surface area (Å²) in [5.41, 5.74) is 2.97. The molecule has 3 aromatic rings. The first kappa shape index (κ1) is 15.4. The van der Waals surface area contributed by atoms with E-state index in [1.807, 2.05) is 18.4 Å². The van der Waals surface area contributed by atoms with Crippen LogP contribution in [0.4, 0.5) is 0 Å². The van der Waals surface area contributed by atoms with Gasteiger partial charge in [-0.1, -0.05) is 0 Å². The number of carbonyl (C=O) groups is 1. The zero-order valence-electron chi connectivity index (χ0n) is 12.4. The van der Waals surface area contributed by atoms with Crippen molar-refractivity contribution in [2.24, 2.45) is 0 Å². The maximum atomic E-state index is 11.3. The summed E-state index contributed by atoms with van der Waals surface area (Å²) in [5, 5.41) is 25.9. The summed E-state index contributed by atoms with van der Waals surface area (Å²) in [5.74, 6) is -1.02. The van der Waals surface area contributed by atoms with E-state index in [1.165, 1.54) is 17.4 Å². The number of rotatable bonds is 5. The van der Waals surface area contributed by atoms with Gasteiger partial charge >= 0.3 is 5.97 Å². The van der Waals surface area contributed by atoms with Gasteiger partial charge in [-0.25, -0.2) is 9.78 Å². The fraction of sp³-hybridized carbons (Fsp3) is 0.188. The molecule has 0 radical (unpaired) electrons. The van der Waals surface area contributed by atoms with Crippen LogP contribution < -0.4 is 0 Å². The fourth-order valence-electron chi connectivity index (χ4n) is 2.40. The minimum absolute atomic E-state index is 0.145. The normalized spacial score (nSPS) is 10.9. The zero-order valence-corrected chi connectivity index (χ0v) is 13.2. The molecule has 118 valence electrons. The van der Waals surface area contributed by atoms with E-state index in [2.05, 4.69) is 10.1 Å². The average Bonchev–Trinajstić information content (AvgIpc) is 3.23. The van der Waals surface area contributed by atoms with Crippen molar-refractivity contribution in [3.8, 4) is 22.0 Å². The Bertz CT molecular complexity index is 840. The molecule has 7 heteroatoms. The highest BCUT2D eigenvalue weighted by Gasteiger charge is 2.15. The third-order valence-corrected chi connectivity index (χ3v) is 4.24. The van der Waals surface area contributed by atoms with Gasteiger partial charge in [0, 0.05) is 23.7 Å². The van der Waals surface area contributed by atoms with Crippen molar-refractivity contribution in [2.45, 2.75) is 20.1 Å². The van der Waals surface area contributed by atoms with Crippen LogP contribution in [-0.4, -0.2) is 30.9 Å². The van der Waals surface area contributed by atoms with E-state index in [0.717, 1.165) is 16.4 Å². The molecule has 3 rings (SSSR count). The van der Waals surface area contributed by atoms with Crippen molar-refractivity contribution in [1.29, 1.82) is 0 Å². The first-order valence-electron chi connectivity index (χ1n) is 7.08. The number of benzene rings is 1. The lowest BCUT2D eigenvalue weighted by molar-refractivity contribution is 0.0696. The minimum atomic E-state index is -1.02. The van der Waals surface area contributed by atoms with Gasteiger partial charge in [0.25, 0.3) is 0 Å². The molecular formula is C16H15N3O3S. The van der Waals surface area contributed by atoms with E-state index in [9.17, 15) is 15.0 Å². The molecular weight excluding hydrogens is 314 g/mol. The summed E-state index contributed by atoms with van der Waals surface area (Å²) >= 11 is 1.50. The summed E-state index contributed by atoms with van der Waals surface area (Å²) in [6.07, 6.45) is 1.72. The van der Waals surface area contributed by atoms with Crippen molar-refractivity contribution in [3.05, 3.63) is 47.0 Å². The molecule has 0 bridgehead atoms. The summed E-state index contributed by atoms with van der Waals surface area (Å²) in [6, 6.07) is 6.74. The second kappa shape index (κ2) is 6.31. The second-order valence-corrected chi connectivity index (χ2v) is 5.84. The van der Waals surface area contributed by atoms with E-state index in [0.29, 0.717) is 17.7 Å². The van der Waals surface area contributed by atoms with Gasteiger partial charge in [0.05, 0.1) is 17.9 Å². The topological polar surface area (TPSA) is 88.2 Å². The van der Waals surface area contributed by atoms with Crippen LogP contribution in [0.1, 0.15) is 22.8 Å². The predicted molar refractivity (Wildman–Crippen MR) is 87.3 cm³/mol.